The van der Waals surface area contributed by atoms with Crippen LogP contribution in [0.1, 0.15) is 17.3 Å². The number of anilines is 1. The first-order chi connectivity index (χ1) is 10.7. The van der Waals surface area contributed by atoms with Gasteiger partial charge in [-0.3, -0.25) is 4.40 Å². The summed E-state index contributed by atoms with van der Waals surface area (Å²) in [5, 5.41) is 0.404. The van der Waals surface area contributed by atoms with Gasteiger partial charge in [-0.1, -0.05) is 12.1 Å². The van der Waals surface area contributed by atoms with E-state index in [1.54, 1.807) is 13.3 Å². The SMILES string of the molecule is CCOC(=O)c1c(N)sc2c1ncn1c3ccccc3nc21. The molecule has 0 unspecified atom stereocenters. The number of nitrogen functional groups attached to an aromatic ring is 1. The Kier molecular flexibility index (Phi) is 2.77. The summed E-state index contributed by atoms with van der Waals surface area (Å²) < 4.78 is 7.76. The molecule has 0 saturated heterocycles. The fraction of sp³-hybridized carbons (Fsp3) is 0.133. The van der Waals surface area contributed by atoms with Crippen LogP contribution in [-0.4, -0.2) is 26.9 Å². The molecule has 4 rings (SSSR count). The predicted molar refractivity (Wildman–Crippen MR) is 86.2 cm³/mol. The second-order valence-electron chi connectivity index (χ2n) is 4.78. The lowest BCUT2D eigenvalue weighted by Crippen LogP contribution is -2.06. The van der Waals surface area contributed by atoms with E-state index in [-0.39, 0.29) is 0 Å². The molecule has 2 N–H and O–H groups in total. The molecule has 0 saturated carbocycles. The van der Waals surface area contributed by atoms with Crippen molar-refractivity contribution >= 4 is 49.2 Å². The standard InChI is InChI=1S/C15H12N4O2S/c1-2-21-15(20)10-11-12(22-13(10)16)14-18-8-5-3-4-6-9(8)19(14)7-17-11/h3-7H,2,16H2,1H3. The highest BCUT2D eigenvalue weighted by atomic mass is 32.1. The van der Waals surface area contributed by atoms with Gasteiger partial charge in [-0.2, -0.15) is 0 Å². The van der Waals surface area contributed by atoms with Gasteiger partial charge in [-0.15, -0.1) is 11.3 Å². The molecule has 110 valence electrons. The maximum Gasteiger partial charge on any atom is 0.343 e. The molecule has 0 aliphatic heterocycles. The first-order valence-corrected chi connectivity index (χ1v) is 7.63. The number of nitrogens with two attached hydrogens (primary N) is 1. The number of rotatable bonds is 2. The van der Waals surface area contributed by atoms with Crippen molar-refractivity contribution in [2.45, 2.75) is 6.92 Å². The third-order valence-corrected chi connectivity index (χ3v) is 4.50. The molecule has 0 atom stereocenters. The lowest BCUT2D eigenvalue weighted by molar-refractivity contribution is 0.0530. The minimum Gasteiger partial charge on any atom is -0.462 e. The van der Waals surface area contributed by atoms with E-state index in [1.807, 2.05) is 28.7 Å². The first kappa shape index (κ1) is 13.0. The van der Waals surface area contributed by atoms with Crippen molar-refractivity contribution in [3.8, 4) is 0 Å². The number of thiophene rings is 1. The quantitative estimate of drug-likeness (QED) is 0.575. The average molecular weight is 312 g/mol. The number of hydrogen-bond donors (Lipinski definition) is 1. The zero-order chi connectivity index (χ0) is 15.3. The van der Waals surface area contributed by atoms with Crippen molar-refractivity contribution in [1.82, 2.24) is 14.4 Å². The third kappa shape index (κ3) is 1.69. The summed E-state index contributed by atoms with van der Waals surface area (Å²) in [6.07, 6.45) is 1.67. The van der Waals surface area contributed by atoms with Crippen LogP contribution < -0.4 is 5.73 Å². The largest absolute Gasteiger partial charge is 0.462 e. The predicted octanol–water partition coefficient (Wildman–Crippen LogP) is 2.86. The van der Waals surface area contributed by atoms with Crippen LogP contribution in [0.15, 0.2) is 30.6 Å². The molecule has 0 amide bonds. The fourth-order valence-corrected chi connectivity index (χ4v) is 3.54. The number of nitrogens with zero attached hydrogens (tertiary/aromatic N) is 3. The molecule has 0 aliphatic rings. The van der Waals surface area contributed by atoms with E-state index in [1.165, 1.54) is 11.3 Å². The number of carbonyl (C=O) groups is 1. The number of hydrogen-bond acceptors (Lipinski definition) is 6. The molecule has 3 aromatic heterocycles. The van der Waals surface area contributed by atoms with Gasteiger partial charge in [0.05, 0.1) is 22.3 Å². The lowest BCUT2D eigenvalue weighted by atomic mass is 10.2. The Hall–Kier alpha value is -2.67. The molecule has 1 aromatic carbocycles. The Labute approximate surface area is 129 Å². The highest BCUT2D eigenvalue weighted by Crippen LogP contribution is 2.35. The van der Waals surface area contributed by atoms with Crippen LogP contribution in [0.2, 0.25) is 0 Å². The Morgan fingerprint density at radius 2 is 2.23 bits per heavy atom. The minimum absolute atomic E-state index is 0.297. The number of ether oxygens (including phenoxy) is 1. The number of para-hydroxylation sites is 2. The molecule has 3 heterocycles. The summed E-state index contributed by atoms with van der Waals surface area (Å²) >= 11 is 1.31. The maximum atomic E-state index is 12.1. The summed E-state index contributed by atoms with van der Waals surface area (Å²) in [5.74, 6) is -0.445. The minimum atomic E-state index is -0.445. The van der Waals surface area contributed by atoms with Crippen molar-refractivity contribution in [3.63, 3.8) is 0 Å². The highest BCUT2D eigenvalue weighted by molar-refractivity contribution is 7.23. The molecule has 0 spiro atoms. The lowest BCUT2D eigenvalue weighted by Gasteiger charge is -2.01. The Morgan fingerprint density at radius 1 is 1.41 bits per heavy atom. The fourth-order valence-electron chi connectivity index (χ4n) is 2.55. The van der Waals surface area contributed by atoms with E-state index in [0.717, 1.165) is 21.4 Å². The Morgan fingerprint density at radius 3 is 3.05 bits per heavy atom. The van der Waals surface area contributed by atoms with Crippen LogP contribution in [-0.2, 0) is 4.74 Å². The number of aromatic nitrogens is 3. The van der Waals surface area contributed by atoms with Gasteiger partial charge in [-0.05, 0) is 19.1 Å². The van der Waals surface area contributed by atoms with Gasteiger partial charge < -0.3 is 10.5 Å². The average Bonchev–Trinajstić information content (AvgIpc) is 3.04. The van der Waals surface area contributed by atoms with Gasteiger partial charge >= 0.3 is 5.97 Å². The van der Waals surface area contributed by atoms with Gasteiger partial charge in [-0.25, -0.2) is 14.8 Å². The molecular formula is C15H12N4O2S. The molecule has 6 nitrogen and oxygen atoms in total. The van der Waals surface area contributed by atoms with Crippen molar-refractivity contribution in [2.75, 3.05) is 12.3 Å². The topological polar surface area (TPSA) is 82.5 Å². The maximum absolute atomic E-state index is 12.1. The van der Waals surface area contributed by atoms with Crippen LogP contribution in [0.4, 0.5) is 5.00 Å². The van der Waals surface area contributed by atoms with Crippen molar-refractivity contribution in [3.05, 3.63) is 36.2 Å². The van der Waals surface area contributed by atoms with E-state index >= 15 is 0 Å². The van der Waals surface area contributed by atoms with Crippen LogP contribution in [0.25, 0.3) is 26.9 Å². The second kappa shape index (κ2) is 4.67. The monoisotopic (exact) mass is 312 g/mol. The molecule has 0 fully saturated rings. The van der Waals surface area contributed by atoms with E-state index < -0.39 is 5.97 Å². The Balaban J connectivity index is 2.09. The number of benzene rings is 1. The van der Waals surface area contributed by atoms with Crippen molar-refractivity contribution < 1.29 is 9.53 Å². The van der Waals surface area contributed by atoms with Gasteiger partial charge in [0.25, 0.3) is 0 Å². The number of carbonyl (C=O) groups excluding carboxylic acids is 1. The number of imidazole rings is 1. The number of esters is 1. The summed E-state index contributed by atoms with van der Waals surface area (Å²) in [6, 6.07) is 7.81. The second-order valence-corrected chi connectivity index (χ2v) is 5.83. The zero-order valence-corrected chi connectivity index (χ0v) is 12.6. The smallest absolute Gasteiger partial charge is 0.343 e. The van der Waals surface area contributed by atoms with Gasteiger partial charge in [0.1, 0.15) is 22.4 Å². The number of fused-ring (bicyclic) bond motifs is 5. The molecular weight excluding hydrogens is 300 g/mol. The van der Waals surface area contributed by atoms with Crippen LogP contribution >= 0.6 is 11.3 Å². The molecule has 22 heavy (non-hydrogen) atoms. The summed E-state index contributed by atoms with van der Waals surface area (Å²) in [4.78, 5) is 21.1. The normalized spacial score (nSPS) is 11.5. The summed E-state index contributed by atoms with van der Waals surface area (Å²) in [5.41, 5.74) is 9.48. The summed E-state index contributed by atoms with van der Waals surface area (Å²) in [7, 11) is 0. The first-order valence-electron chi connectivity index (χ1n) is 6.81. The van der Waals surface area contributed by atoms with E-state index in [4.69, 9.17) is 10.5 Å². The van der Waals surface area contributed by atoms with E-state index in [0.29, 0.717) is 22.7 Å². The third-order valence-electron chi connectivity index (χ3n) is 3.49. The van der Waals surface area contributed by atoms with Gasteiger partial charge in [0.2, 0.25) is 0 Å². The van der Waals surface area contributed by atoms with Gasteiger partial charge in [0.15, 0.2) is 5.65 Å². The summed E-state index contributed by atoms with van der Waals surface area (Å²) in [6.45, 7) is 2.06. The molecule has 0 aliphatic carbocycles. The van der Waals surface area contributed by atoms with E-state index in [2.05, 4.69) is 9.97 Å². The van der Waals surface area contributed by atoms with E-state index in [9.17, 15) is 4.79 Å². The molecule has 7 heteroatoms. The molecule has 4 aromatic rings. The molecule has 0 bridgehead atoms. The van der Waals surface area contributed by atoms with Crippen molar-refractivity contribution in [2.24, 2.45) is 0 Å². The van der Waals surface area contributed by atoms with Gasteiger partial charge in [0, 0.05) is 0 Å². The zero-order valence-electron chi connectivity index (χ0n) is 11.7. The molecule has 0 radical (unpaired) electrons. The van der Waals surface area contributed by atoms with Crippen LogP contribution in [0.3, 0.4) is 0 Å². The highest BCUT2D eigenvalue weighted by Gasteiger charge is 2.22. The Bertz CT molecular complexity index is 1030. The van der Waals surface area contributed by atoms with Crippen LogP contribution in [0, 0.1) is 0 Å². The van der Waals surface area contributed by atoms with Crippen molar-refractivity contribution in [1.29, 1.82) is 0 Å². The van der Waals surface area contributed by atoms with Crippen LogP contribution in [0.5, 0.6) is 0 Å².